The predicted octanol–water partition coefficient (Wildman–Crippen LogP) is 4.38. The summed E-state index contributed by atoms with van der Waals surface area (Å²) in [6.45, 7) is 0. The molecule has 0 aliphatic carbocycles. The van der Waals surface area contributed by atoms with Gasteiger partial charge in [-0.15, -0.1) is 5.10 Å². The number of benzene rings is 2. The van der Waals surface area contributed by atoms with Gasteiger partial charge in [0.2, 0.25) is 11.1 Å². The maximum atomic E-state index is 12.0. The SMILES string of the molecule is N#Cc1ccc(NC(=O)CSc2n[nH]c(-c3ccc(Cl)cc3)n2)cc1Cl. The van der Waals surface area contributed by atoms with Crippen LogP contribution in [-0.4, -0.2) is 26.8 Å². The van der Waals surface area contributed by atoms with Crippen LogP contribution in [-0.2, 0) is 4.79 Å². The van der Waals surface area contributed by atoms with Crippen molar-refractivity contribution in [1.29, 1.82) is 5.26 Å². The molecule has 0 bridgehead atoms. The summed E-state index contributed by atoms with van der Waals surface area (Å²) in [4.78, 5) is 16.4. The normalized spacial score (nSPS) is 10.3. The zero-order valence-corrected chi connectivity index (χ0v) is 15.5. The minimum atomic E-state index is -0.228. The Morgan fingerprint density at radius 1 is 1.23 bits per heavy atom. The fourth-order valence-electron chi connectivity index (χ4n) is 2.06. The molecule has 1 amide bonds. The molecule has 1 heterocycles. The van der Waals surface area contributed by atoms with E-state index in [0.29, 0.717) is 32.3 Å². The largest absolute Gasteiger partial charge is 0.325 e. The number of carbonyl (C=O) groups is 1. The molecule has 26 heavy (non-hydrogen) atoms. The van der Waals surface area contributed by atoms with Crippen LogP contribution in [0, 0.1) is 11.3 Å². The van der Waals surface area contributed by atoms with Crippen LogP contribution in [0.1, 0.15) is 5.56 Å². The number of carbonyl (C=O) groups excluding carboxylic acids is 1. The number of nitrogens with one attached hydrogen (secondary N) is 2. The highest BCUT2D eigenvalue weighted by molar-refractivity contribution is 7.99. The minimum Gasteiger partial charge on any atom is -0.325 e. The summed E-state index contributed by atoms with van der Waals surface area (Å²) < 4.78 is 0. The van der Waals surface area contributed by atoms with E-state index in [4.69, 9.17) is 28.5 Å². The Morgan fingerprint density at radius 2 is 2.00 bits per heavy atom. The molecule has 1 aromatic heterocycles. The molecule has 3 aromatic rings. The van der Waals surface area contributed by atoms with Gasteiger partial charge in [0.25, 0.3) is 0 Å². The van der Waals surface area contributed by atoms with Crippen molar-refractivity contribution in [2.45, 2.75) is 5.16 Å². The standard InChI is InChI=1S/C17H11Cl2N5OS/c18-12-4-1-10(2-5-12)16-22-17(24-23-16)26-9-15(25)21-13-6-3-11(8-20)14(19)7-13/h1-7H,9H2,(H,21,25)(H,22,23,24). The third kappa shape index (κ3) is 4.55. The van der Waals surface area contributed by atoms with Crippen molar-refractivity contribution >= 4 is 46.6 Å². The van der Waals surface area contributed by atoms with E-state index >= 15 is 0 Å². The second-order valence-corrected chi connectivity index (χ2v) is 6.90. The molecule has 130 valence electrons. The van der Waals surface area contributed by atoms with Crippen LogP contribution < -0.4 is 5.32 Å². The number of hydrogen-bond donors (Lipinski definition) is 2. The van der Waals surface area contributed by atoms with Crippen molar-refractivity contribution in [3.63, 3.8) is 0 Å². The first-order chi connectivity index (χ1) is 12.5. The molecule has 0 spiro atoms. The highest BCUT2D eigenvalue weighted by Gasteiger charge is 2.10. The number of nitriles is 1. The van der Waals surface area contributed by atoms with Gasteiger partial charge in [0, 0.05) is 16.3 Å². The van der Waals surface area contributed by atoms with E-state index in [1.807, 2.05) is 18.2 Å². The van der Waals surface area contributed by atoms with E-state index in [-0.39, 0.29) is 11.7 Å². The molecular weight excluding hydrogens is 393 g/mol. The molecule has 0 aliphatic heterocycles. The summed E-state index contributed by atoms with van der Waals surface area (Å²) in [5.74, 6) is 0.507. The van der Waals surface area contributed by atoms with Gasteiger partial charge in [-0.3, -0.25) is 9.89 Å². The molecule has 0 saturated heterocycles. The zero-order valence-electron chi connectivity index (χ0n) is 13.2. The van der Waals surface area contributed by atoms with Gasteiger partial charge in [-0.2, -0.15) is 5.26 Å². The Hall–Kier alpha value is -2.53. The van der Waals surface area contributed by atoms with E-state index < -0.39 is 0 Å². The summed E-state index contributed by atoms with van der Waals surface area (Å²) in [7, 11) is 0. The van der Waals surface area contributed by atoms with Crippen molar-refractivity contribution in [2.75, 3.05) is 11.1 Å². The Bertz CT molecular complexity index is 982. The van der Waals surface area contributed by atoms with E-state index in [0.717, 1.165) is 5.56 Å². The topological polar surface area (TPSA) is 94.5 Å². The number of hydrogen-bond acceptors (Lipinski definition) is 5. The van der Waals surface area contributed by atoms with Crippen LogP contribution in [0.15, 0.2) is 47.6 Å². The third-order valence-electron chi connectivity index (χ3n) is 3.29. The number of amides is 1. The van der Waals surface area contributed by atoms with Crippen molar-refractivity contribution in [3.8, 4) is 17.5 Å². The van der Waals surface area contributed by atoms with Gasteiger partial charge in [0.1, 0.15) is 6.07 Å². The quantitative estimate of drug-likeness (QED) is 0.616. The average molecular weight is 404 g/mol. The number of nitrogens with zero attached hydrogens (tertiary/aromatic N) is 3. The van der Waals surface area contributed by atoms with E-state index in [9.17, 15) is 4.79 Å². The van der Waals surface area contributed by atoms with Gasteiger partial charge in [-0.25, -0.2) is 4.98 Å². The lowest BCUT2D eigenvalue weighted by Gasteiger charge is -2.05. The van der Waals surface area contributed by atoms with Crippen molar-refractivity contribution < 1.29 is 4.79 Å². The third-order valence-corrected chi connectivity index (χ3v) is 4.70. The van der Waals surface area contributed by atoms with Gasteiger partial charge in [-0.05, 0) is 42.5 Å². The first kappa shape index (κ1) is 18.3. The van der Waals surface area contributed by atoms with Crippen LogP contribution >= 0.6 is 35.0 Å². The lowest BCUT2D eigenvalue weighted by atomic mass is 10.2. The average Bonchev–Trinajstić information content (AvgIpc) is 3.10. The molecule has 0 fully saturated rings. The predicted molar refractivity (Wildman–Crippen MR) is 102 cm³/mol. The van der Waals surface area contributed by atoms with Gasteiger partial charge >= 0.3 is 0 Å². The summed E-state index contributed by atoms with van der Waals surface area (Å²) in [6, 6.07) is 13.9. The first-order valence-corrected chi connectivity index (χ1v) is 9.10. The maximum absolute atomic E-state index is 12.0. The van der Waals surface area contributed by atoms with E-state index in [1.54, 1.807) is 24.3 Å². The zero-order chi connectivity index (χ0) is 18.5. The Balaban J connectivity index is 1.57. The number of thioether (sulfide) groups is 1. The molecule has 6 nitrogen and oxygen atoms in total. The number of aromatic nitrogens is 3. The summed E-state index contributed by atoms with van der Waals surface area (Å²) in [5.41, 5.74) is 1.73. The van der Waals surface area contributed by atoms with Crippen molar-refractivity contribution in [2.24, 2.45) is 0 Å². The molecule has 3 rings (SSSR count). The van der Waals surface area contributed by atoms with Gasteiger partial charge in [0.05, 0.1) is 16.3 Å². The monoisotopic (exact) mass is 403 g/mol. The van der Waals surface area contributed by atoms with Crippen LogP contribution in [0.25, 0.3) is 11.4 Å². The molecule has 0 atom stereocenters. The number of aromatic amines is 1. The number of H-pyrrole nitrogens is 1. The summed E-state index contributed by atoms with van der Waals surface area (Å²) in [6.07, 6.45) is 0. The van der Waals surface area contributed by atoms with Crippen LogP contribution in [0.3, 0.4) is 0 Å². The van der Waals surface area contributed by atoms with Crippen LogP contribution in [0.4, 0.5) is 5.69 Å². The van der Waals surface area contributed by atoms with E-state index in [1.165, 1.54) is 17.8 Å². The second kappa shape index (κ2) is 8.23. The Kier molecular flexibility index (Phi) is 5.78. The molecule has 0 saturated carbocycles. The molecule has 2 aromatic carbocycles. The smallest absolute Gasteiger partial charge is 0.234 e. The van der Waals surface area contributed by atoms with E-state index in [2.05, 4.69) is 20.5 Å². The molecule has 0 unspecified atom stereocenters. The molecule has 2 N–H and O–H groups in total. The first-order valence-electron chi connectivity index (χ1n) is 7.36. The van der Waals surface area contributed by atoms with Crippen molar-refractivity contribution in [3.05, 3.63) is 58.1 Å². The van der Waals surface area contributed by atoms with Crippen LogP contribution in [0.5, 0.6) is 0 Å². The van der Waals surface area contributed by atoms with Crippen LogP contribution in [0.2, 0.25) is 10.0 Å². The molecule has 9 heteroatoms. The highest BCUT2D eigenvalue weighted by Crippen LogP contribution is 2.22. The maximum Gasteiger partial charge on any atom is 0.234 e. The lowest BCUT2D eigenvalue weighted by Crippen LogP contribution is -2.14. The van der Waals surface area contributed by atoms with Gasteiger partial charge < -0.3 is 5.32 Å². The van der Waals surface area contributed by atoms with Crippen molar-refractivity contribution in [1.82, 2.24) is 15.2 Å². The Morgan fingerprint density at radius 3 is 2.69 bits per heavy atom. The lowest BCUT2D eigenvalue weighted by molar-refractivity contribution is -0.113. The molecule has 0 radical (unpaired) electrons. The number of halogens is 2. The second-order valence-electron chi connectivity index (χ2n) is 5.12. The summed E-state index contributed by atoms with van der Waals surface area (Å²) >= 11 is 13.0. The fraction of sp³-hybridized carbons (Fsp3) is 0.0588. The van der Waals surface area contributed by atoms with Gasteiger partial charge in [-0.1, -0.05) is 35.0 Å². The fourth-order valence-corrected chi connectivity index (χ4v) is 3.01. The molecule has 0 aliphatic rings. The van der Waals surface area contributed by atoms with Gasteiger partial charge in [0.15, 0.2) is 5.82 Å². The Labute approximate surface area is 163 Å². The minimum absolute atomic E-state index is 0.134. The highest BCUT2D eigenvalue weighted by atomic mass is 35.5. The summed E-state index contributed by atoms with van der Waals surface area (Å²) in [5, 5.41) is 19.9. The number of rotatable bonds is 5. The molecular formula is C17H11Cl2N5OS. The number of anilines is 1.